The number of carbonyl (C=O) groups is 1. The topological polar surface area (TPSA) is 38.8 Å². The van der Waals surface area contributed by atoms with Gasteiger partial charge < -0.3 is 14.4 Å². The molecule has 0 aromatic heterocycles. The molecule has 2 aromatic rings. The largest absolute Gasteiger partial charge is 0.497 e. The first-order valence-corrected chi connectivity index (χ1v) is 9.48. The summed E-state index contributed by atoms with van der Waals surface area (Å²) in [5.74, 6) is 1.24. The van der Waals surface area contributed by atoms with Crippen LogP contribution in [0.4, 0.5) is 0 Å². The zero-order valence-corrected chi connectivity index (χ0v) is 16.1. The van der Waals surface area contributed by atoms with E-state index in [1.165, 1.54) is 7.11 Å². The quantitative estimate of drug-likeness (QED) is 0.767. The minimum absolute atomic E-state index is 0.197. The van der Waals surface area contributed by atoms with Gasteiger partial charge in [0, 0.05) is 36.4 Å². The summed E-state index contributed by atoms with van der Waals surface area (Å²) in [4.78, 5) is 15.8. The van der Waals surface area contributed by atoms with Crippen molar-refractivity contribution in [1.29, 1.82) is 0 Å². The summed E-state index contributed by atoms with van der Waals surface area (Å²) in [6, 6.07) is 16.1. The highest BCUT2D eigenvalue weighted by molar-refractivity contribution is 7.99. The number of esters is 1. The molecule has 0 fully saturated rings. The van der Waals surface area contributed by atoms with Crippen LogP contribution in [-0.4, -0.2) is 44.4 Å². The Morgan fingerprint density at radius 2 is 1.92 bits per heavy atom. The van der Waals surface area contributed by atoms with Gasteiger partial charge in [-0.1, -0.05) is 36.4 Å². The van der Waals surface area contributed by atoms with Crippen LogP contribution in [0.3, 0.4) is 0 Å². The highest BCUT2D eigenvalue weighted by Gasteiger charge is 2.29. The lowest BCUT2D eigenvalue weighted by molar-refractivity contribution is -0.136. The monoisotopic (exact) mass is 369 g/mol. The van der Waals surface area contributed by atoms with Gasteiger partial charge in [-0.15, -0.1) is 11.8 Å². The predicted molar refractivity (Wildman–Crippen MR) is 105 cm³/mol. The van der Waals surface area contributed by atoms with E-state index < -0.39 is 0 Å². The van der Waals surface area contributed by atoms with E-state index in [9.17, 15) is 4.79 Å². The zero-order chi connectivity index (χ0) is 18.5. The lowest BCUT2D eigenvalue weighted by atomic mass is 9.85. The summed E-state index contributed by atoms with van der Waals surface area (Å²) in [7, 11) is 5.09. The Morgan fingerprint density at radius 1 is 1.15 bits per heavy atom. The van der Waals surface area contributed by atoms with Crippen LogP contribution in [-0.2, 0) is 9.53 Å². The zero-order valence-electron chi connectivity index (χ0n) is 15.3. The average Bonchev–Trinajstić information content (AvgIpc) is 2.74. The first kappa shape index (κ1) is 18.4. The van der Waals surface area contributed by atoms with Crippen molar-refractivity contribution in [1.82, 2.24) is 4.90 Å². The molecule has 0 aliphatic carbocycles. The Bertz CT molecular complexity index is 804. The molecule has 4 nitrogen and oxygen atoms in total. The van der Waals surface area contributed by atoms with E-state index in [1.807, 2.05) is 37.5 Å². The molecule has 0 amide bonds. The Balaban J connectivity index is 2.23. The van der Waals surface area contributed by atoms with Gasteiger partial charge in [0.05, 0.1) is 19.8 Å². The van der Waals surface area contributed by atoms with Crippen molar-refractivity contribution in [2.24, 2.45) is 0 Å². The van der Waals surface area contributed by atoms with E-state index in [2.05, 4.69) is 29.2 Å². The Kier molecular flexibility index (Phi) is 5.89. The van der Waals surface area contributed by atoms with Crippen LogP contribution in [0, 0.1) is 0 Å². The average molecular weight is 369 g/mol. The molecular weight excluding hydrogens is 346 g/mol. The van der Waals surface area contributed by atoms with Crippen molar-refractivity contribution in [2.45, 2.75) is 10.8 Å². The fourth-order valence-corrected chi connectivity index (χ4v) is 4.29. The summed E-state index contributed by atoms with van der Waals surface area (Å²) in [6.45, 7) is 0.837. The van der Waals surface area contributed by atoms with Crippen LogP contribution in [0.25, 0.3) is 0 Å². The lowest BCUT2D eigenvalue weighted by Crippen LogP contribution is -2.20. The second kappa shape index (κ2) is 8.32. The SMILES string of the molecule is COC(=O)/C1=C/N(C)CCSc2cc(OC)ccc2C1c1ccccc1. The first-order valence-electron chi connectivity index (χ1n) is 8.50. The van der Waals surface area contributed by atoms with Crippen LogP contribution >= 0.6 is 11.8 Å². The van der Waals surface area contributed by atoms with E-state index in [0.29, 0.717) is 5.57 Å². The summed E-state index contributed by atoms with van der Waals surface area (Å²) in [5.41, 5.74) is 2.79. The normalized spacial score (nSPS) is 19.3. The number of ether oxygens (including phenoxy) is 2. The standard InChI is InChI=1S/C21H23NO3S/c1-22-11-12-26-19-13-16(24-2)9-10-17(19)20(15-7-5-4-6-8-15)18(14-22)21(23)25-3/h4-10,13-14,20H,11-12H2,1-3H3/b18-14+. The maximum Gasteiger partial charge on any atom is 0.336 e. The number of carbonyl (C=O) groups excluding carboxylic acids is 1. The van der Waals surface area contributed by atoms with Gasteiger partial charge in [0.2, 0.25) is 0 Å². The molecule has 0 radical (unpaired) electrons. The molecule has 136 valence electrons. The highest BCUT2D eigenvalue weighted by atomic mass is 32.2. The van der Waals surface area contributed by atoms with Gasteiger partial charge in [0.25, 0.3) is 0 Å². The molecule has 2 aromatic carbocycles. The van der Waals surface area contributed by atoms with Crippen LogP contribution in [0.2, 0.25) is 0 Å². The number of benzene rings is 2. The van der Waals surface area contributed by atoms with Gasteiger partial charge in [0.15, 0.2) is 0 Å². The maximum atomic E-state index is 12.7. The first-order chi connectivity index (χ1) is 12.6. The molecule has 1 aliphatic rings. The summed E-state index contributed by atoms with van der Waals surface area (Å²) in [6.07, 6.45) is 1.92. The van der Waals surface area contributed by atoms with Gasteiger partial charge >= 0.3 is 5.97 Å². The molecule has 1 heterocycles. The Labute approximate surface area is 158 Å². The fourth-order valence-electron chi connectivity index (χ4n) is 3.14. The number of nitrogens with zero attached hydrogens (tertiary/aromatic N) is 1. The second-order valence-electron chi connectivity index (χ2n) is 6.15. The van der Waals surface area contributed by atoms with Crippen molar-refractivity contribution in [3.8, 4) is 5.75 Å². The van der Waals surface area contributed by atoms with Crippen molar-refractivity contribution in [3.05, 3.63) is 71.4 Å². The van der Waals surface area contributed by atoms with E-state index in [4.69, 9.17) is 9.47 Å². The third kappa shape index (κ3) is 3.88. The highest BCUT2D eigenvalue weighted by Crippen LogP contribution is 2.40. The van der Waals surface area contributed by atoms with E-state index in [-0.39, 0.29) is 11.9 Å². The minimum atomic E-state index is -0.306. The number of methoxy groups -OCH3 is 2. The van der Waals surface area contributed by atoms with Crippen LogP contribution in [0.1, 0.15) is 17.0 Å². The third-order valence-corrected chi connectivity index (χ3v) is 5.51. The molecule has 1 unspecified atom stereocenters. The van der Waals surface area contributed by atoms with Gasteiger partial charge in [-0.2, -0.15) is 0 Å². The van der Waals surface area contributed by atoms with E-state index in [1.54, 1.807) is 18.9 Å². The number of hydrogen-bond donors (Lipinski definition) is 0. The van der Waals surface area contributed by atoms with Crippen molar-refractivity contribution < 1.29 is 14.3 Å². The molecule has 3 rings (SSSR count). The van der Waals surface area contributed by atoms with Gasteiger partial charge in [0.1, 0.15) is 5.75 Å². The number of thioether (sulfide) groups is 1. The molecule has 0 bridgehead atoms. The van der Waals surface area contributed by atoms with E-state index in [0.717, 1.165) is 34.1 Å². The van der Waals surface area contributed by atoms with Crippen molar-refractivity contribution in [2.75, 3.05) is 33.6 Å². The predicted octanol–water partition coefficient (Wildman–Crippen LogP) is 3.92. The molecule has 0 saturated heterocycles. The van der Waals surface area contributed by atoms with E-state index >= 15 is 0 Å². The number of fused-ring (bicyclic) bond motifs is 1. The van der Waals surface area contributed by atoms with Gasteiger partial charge in [-0.3, -0.25) is 0 Å². The third-order valence-electron chi connectivity index (χ3n) is 4.46. The summed E-state index contributed by atoms with van der Waals surface area (Å²) < 4.78 is 10.5. The minimum Gasteiger partial charge on any atom is -0.497 e. The molecule has 1 atom stereocenters. The van der Waals surface area contributed by atoms with Crippen LogP contribution < -0.4 is 4.74 Å². The van der Waals surface area contributed by atoms with Crippen molar-refractivity contribution >= 4 is 17.7 Å². The summed E-state index contributed by atoms with van der Waals surface area (Å²) in [5, 5.41) is 0. The Hall–Kier alpha value is -2.40. The molecule has 1 aliphatic heterocycles. The summed E-state index contributed by atoms with van der Waals surface area (Å²) >= 11 is 1.78. The van der Waals surface area contributed by atoms with Gasteiger partial charge in [-0.25, -0.2) is 4.79 Å². The molecular formula is C21H23NO3S. The molecule has 0 spiro atoms. The molecule has 0 N–H and O–H groups in total. The molecule has 5 heteroatoms. The van der Waals surface area contributed by atoms with Crippen LogP contribution in [0.5, 0.6) is 5.75 Å². The second-order valence-corrected chi connectivity index (χ2v) is 7.29. The molecule has 0 saturated carbocycles. The number of rotatable bonds is 3. The van der Waals surface area contributed by atoms with Crippen molar-refractivity contribution in [3.63, 3.8) is 0 Å². The van der Waals surface area contributed by atoms with Crippen LogP contribution in [0.15, 0.2) is 65.2 Å². The fraction of sp³-hybridized carbons (Fsp3) is 0.286. The maximum absolute atomic E-state index is 12.7. The smallest absolute Gasteiger partial charge is 0.336 e. The number of hydrogen-bond acceptors (Lipinski definition) is 5. The lowest BCUT2D eigenvalue weighted by Gasteiger charge is -2.23. The van der Waals surface area contributed by atoms with Gasteiger partial charge in [-0.05, 0) is 23.3 Å². The Morgan fingerprint density at radius 3 is 2.62 bits per heavy atom. The molecule has 26 heavy (non-hydrogen) atoms.